The Morgan fingerprint density at radius 1 is 1.36 bits per heavy atom. The average Bonchev–Trinajstić information content (AvgIpc) is 2.72. The summed E-state index contributed by atoms with van der Waals surface area (Å²) >= 11 is 0. The Balaban J connectivity index is 1.84. The van der Waals surface area contributed by atoms with Crippen molar-refractivity contribution >= 4 is 0 Å². The first-order chi connectivity index (χ1) is 5.33. The molecule has 0 spiro atoms. The van der Waals surface area contributed by atoms with Crippen LogP contribution in [0.2, 0.25) is 0 Å². The number of aliphatic hydroxyl groups is 1. The van der Waals surface area contributed by atoms with Crippen molar-refractivity contribution in [1.29, 1.82) is 0 Å². The van der Waals surface area contributed by atoms with Gasteiger partial charge in [-0.25, -0.2) is 0 Å². The third-order valence-electron chi connectivity index (χ3n) is 2.35. The van der Waals surface area contributed by atoms with E-state index >= 15 is 0 Å². The smallest absolute Gasteiger partial charge is 0.0552 e. The monoisotopic (exact) mass is 157 g/mol. The first-order valence-corrected chi connectivity index (χ1v) is 4.71. The lowest BCUT2D eigenvalue weighted by atomic mass is 10.1. The molecule has 3 N–H and O–H groups in total. The van der Waals surface area contributed by atoms with Crippen LogP contribution in [0.3, 0.4) is 0 Å². The summed E-state index contributed by atoms with van der Waals surface area (Å²) in [7, 11) is 0. The van der Waals surface area contributed by atoms with Crippen LogP contribution in [0.5, 0.6) is 0 Å². The SMILES string of the molecule is NCCC(O)CCCC1CC1. The standard InChI is InChI=1S/C9H19NO/c10-7-6-9(11)3-1-2-8-4-5-8/h8-9,11H,1-7,10H2. The molecule has 0 aromatic rings. The molecule has 11 heavy (non-hydrogen) atoms. The van der Waals surface area contributed by atoms with Gasteiger partial charge < -0.3 is 10.8 Å². The average molecular weight is 157 g/mol. The molecular formula is C9H19NO. The zero-order chi connectivity index (χ0) is 8.10. The Labute approximate surface area is 68.8 Å². The van der Waals surface area contributed by atoms with E-state index in [-0.39, 0.29) is 6.10 Å². The predicted molar refractivity (Wildman–Crippen MR) is 46.3 cm³/mol. The van der Waals surface area contributed by atoms with Gasteiger partial charge in [0.2, 0.25) is 0 Å². The van der Waals surface area contributed by atoms with Crippen molar-refractivity contribution in [2.75, 3.05) is 6.54 Å². The van der Waals surface area contributed by atoms with Gasteiger partial charge in [0.1, 0.15) is 0 Å². The van der Waals surface area contributed by atoms with Crippen LogP contribution in [0.1, 0.15) is 38.5 Å². The summed E-state index contributed by atoms with van der Waals surface area (Å²) in [5.41, 5.74) is 5.31. The van der Waals surface area contributed by atoms with Crippen molar-refractivity contribution in [2.45, 2.75) is 44.6 Å². The van der Waals surface area contributed by atoms with Crippen LogP contribution in [0, 0.1) is 5.92 Å². The molecule has 0 aromatic carbocycles. The number of hydrogen-bond donors (Lipinski definition) is 2. The van der Waals surface area contributed by atoms with Gasteiger partial charge in [-0.05, 0) is 25.3 Å². The molecular weight excluding hydrogens is 138 g/mol. The largest absolute Gasteiger partial charge is 0.393 e. The molecule has 1 saturated carbocycles. The van der Waals surface area contributed by atoms with Crippen molar-refractivity contribution in [1.82, 2.24) is 0 Å². The molecule has 1 aliphatic carbocycles. The molecule has 1 aliphatic rings. The summed E-state index contributed by atoms with van der Waals surface area (Å²) in [6, 6.07) is 0. The van der Waals surface area contributed by atoms with E-state index in [1.165, 1.54) is 25.7 Å². The predicted octanol–water partition coefficient (Wildman–Crippen LogP) is 1.28. The van der Waals surface area contributed by atoms with Gasteiger partial charge in [0.05, 0.1) is 6.10 Å². The minimum atomic E-state index is -0.140. The first-order valence-electron chi connectivity index (χ1n) is 4.71. The maximum Gasteiger partial charge on any atom is 0.0552 e. The maximum atomic E-state index is 9.30. The first kappa shape index (κ1) is 9.01. The molecule has 1 fully saturated rings. The zero-order valence-electron chi connectivity index (χ0n) is 7.13. The highest BCUT2D eigenvalue weighted by Crippen LogP contribution is 2.34. The molecule has 1 unspecified atom stereocenters. The molecule has 0 aliphatic heterocycles. The fraction of sp³-hybridized carbons (Fsp3) is 1.00. The van der Waals surface area contributed by atoms with Gasteiger partial charge in [-0.15, -0.1) is 0 Å². The summed E-state index contributed by atoms with van der Waals surface area (Å²) in [5.74, 6) is 1.00. The summed E-state index contributed by atoms with van der Waals surface area (Å²) in [5, 5.41) is 9.30. The lowest BCUT2D eigenvalue weighted by molar-refractivity contribution is 0.153. The summed E-state index contributed by atoms with van der Waals surface area (Å²) in [6.07, 6.45) is 6.94. The highest BCUT2D eigenvalue weighted by Gasteiger charge is 2.20. The van der Waals surface area contributed by atoms with Crippen molar-refractivity contribution in [3.05, 3.63) is 0 Å². The third-order valence-corrected chi connectivity index (χ3v) is 2.35. The van der Waals surface area contributed by atoms with Crippen molar-refractivity contribution < 1.29 is 5.11 Å². The van der Waals surface area contributed by atoms with E-state index in [1.807, 2.05) is 0 Å². The quantitative estimate of drug-likeness (QED) is 0.610. The summed E-state index contributed by atoms with van der Waals surface area (Å²) in [4.78, 5) is 0. The van der Waals surface area contributed by atoms with Gasteiger partial charge >= 0.3 is 0 Å². The van der Waals surface area contributed by atoms with E-state index in [0.29, 0.717) is 6.54 Å². The van der Waals surface area contributed by atoms with Crippen molar-refractivity contribution in [2.24, 2.45) is 11.7 Å². The number of hydrogen-bond acceptors (Lipinski definition) is 2. The van der Waals surface area contributed by atoms with E-state index < -0.39 is 0 Å². The summed E-state index contributed by atoms with van der Waals surface area (Å²) < 4.78 is 0. The number of nitrogens with two attached hydrogens (primary N) is 1. The van der Waals surface area contributed by atoms with Gasteiger partial charge in [0.25, 0.3) is 0 Å². The minimum absolute atomic E-state index is 0.140. The molecule has 0 radical (unpaired) electrons. The lowest BCUT2D eigenvalue weighted by Crippen LogP contribution is -2.13. The van der Waals surface area contributed by atoms with Gasteiger partial charge in [-0.3, -0.25) is 0 Å². The summed E-state index contributed by atoms with van der Waals surface area (Å²) in [6.45, 7) is 0.616. The second-order valence-electron chi connectivity index (χ2n) is 3.61. The second-order valence-corrected chi connectivity index (χ2v) is 3.61. The van der Waals surface area contributed by atoms with Crippen molar-refractivity contribution in [3.63, 3.8) is 0 Å². The second kappa shape index (κ2) is 4.73. The van der Waals surface area contributed by atoms with E-state index in [0.717, 1.165) is 18.8 Å². The van der Waals surface area contributed by atoms with E-state index in [9.17, 15) is 5.11 Å². The topological polar surface area (TPSA) is 46.2 Å². The minimum Gasteiger partial charge on any atom is -0.393 e. The molecule has 0 saturated heterocycles. The molecule has 2 nitrogen and oxygen atoms in total. The van der Waals surface area contributed by atoms with Gasteiger partial charge in [0.15, 0.2) is 0 Å². The fourth-order valence-electron chi connectivity index (χ4n) is 1.39. The zero-order valence-corrected chi connectivity index (χ0v) is 7.13. The van der Waals surface area contributed by atoms with Crippen LogP contribution in [-0.4, -0.2) is 17.8 Å². The Kier molecular flexibility index (Phi) is 3.87. The van der Waals surface area contributed by atoms with Crippen molar-refractivity contribution in [3.8, 4) is 0 Å². The number of rotatable bonds is 6. The van der Waals surface area contributed by atoms with E-state index in [1.54, 1.807) is 0 Å². The van der Waals surface area contributed by atoms with Crippen LogP contribution in [-0.2, 0) is 0 Å². The molecule has 0 bridgehead atoms. The number of aliphatic hydroxyl groups excluding tert-OH is 1. The molecule has 1 atom stereocenters. The van der Waals surface area contributed by atoms with Crippen LogP contribution in [0.4, 0.5) is 0 Å². The molecule has 0 aromatic heterocycles. The van der Waals surface area contributed by atoms with Crippen LogP contribution in [0.15, 0.2) is 0 Å². The molecule has 0 amide bonds. The Morgan fingerprint density at radius 3 is 2.64 bits per heavy atom. The van der Waals surface area contributed by atoms with Gasteiger partial charge in [-0.1, -0.05) is 25.7 Å². The highest BCUT2D eigenvalue weighted by molar-refractivity contribution is 4.73. The van der Waals surface area contributed by atoms with Crippen LogP contribution < -0.4 is 5.73 Å². The highest BCUT2D eigenvalue weighted by atomic mass is 16.3. The van der Waals surface area contributed by atoms with Gasteiger partial charge in [0, 0.05) is 0 Å². The van der Waals surface area contributed by atoms with E-state index in [4.69, 9.17) is 5.73 Å². The lowest BCUT2D eigenvalue weighted by Gasteiger charge is -2.07. The molecule has 1 rings (SSSR count). The Bertz CT molecular complexity index is 102. The molecule has 0 heterocycles. The molecule has 2 heteroatoms. The van der Waals surface area contributed by atoms with Gasteiger partial charge in [-0.2, -0.15) is 0 Å². The fourth-order valence-corrected chi connectivity index (χ4v) is 1.39. The Hall–Kier alpha value is -0.0800. The maximum absolute atomic E-state index is 9.30. The molecule has 66 valence electrons. The van der Waals surface area contributed by atoms with E-state index in [2.05, 4.69) is 0 Å². The Morgan fingerprint density at radius 2 is 2.09 bits per heavy atom. The third kappa shape index (κ3) is 4.38. The van der Waals surface area contributed by atoms with Crippen LogP contribution >= 0.6 is 0 Å². The normalized spacial score (nSPS) is 20.2. The van der Waals surface area contributed by atoms with Crippen LogP contribution in [0.25, 0.3) is 0 Å².